The molecular formula is C22H26N8O. The van der Waals surface area contributed by atoms with Crippen molar-refractivity contribution in [1.29, 1.82) is 0 Å². The molecule has 1 fully saturated rings. The highest BCUT2D eigenvalue weighted by molar-refractivity contribution is 5.66. The van der Waals surface area contributed by atoms with Crippen molar-refractivity contribution >= 4 is 5.52 Å². The number of pyridine rings is 2. The maximum absolute atomic E-state index is 5.15. The Morgan fingerprint density at radius 2 is 1.90 bits per heavy atom. The molecule has 1 atom stereocenters. The van der Waals surface area contributed by atoms with Gasteiger partial charge in [-0.25, -0.2) is 9.50 Å². The highest BCUT2D eigenvalue weighted by atomic mass is 16.5. The number of hydrogen-bond acceptors (Lipinski definition) is 7. The summed E-state index contributed by atoms with van der Waals surface area (Å²) in [6.45, 7) is 3.81. The number of ether oxygens (including phenoxy) is 1. The summed E-state index contributed by atoms with van der Waals surface area (Å²) in [5.74, 6) is 0.601. The van der Waals surface area contributed by atoms with E-state index < -0.39 is 0 Å². The van der Waals surface area contributed by atoms with Crippen molar-refractivity contribution in [2.24, 2.45) is 7.05 Å². The van der Waals surface area contributed by atoms with Crippen LogP contribution in [0.25, 0.3) is 16.6 Å². The van der Waals surface area contributed by atoms with Gasteiger partial charge in [0.05, 0.1) is 24.9 Å². The fourth-order valence-corrected chi connectivity index (χ4v) is 4.17. The molecule has 1 aliphatic heterocycles. The van der Waals surface area contributed by atoms with Crippen LogP contribution in [0.5, 0.6) is 5.88 Å². The molecule has 0 amide bonds. The Bertz CT molecular complexity index is 1180. The van der Waals surface area contributed by atoms with Crippen LogP contribution in [-0.4, -0.2) is 73.2 Å². The Morgan fingerprint density at radius 1 is 1.03 bits per heavy atom. The minimum absolute atomic E-state index is 0.191. The largest absolute Gasteiger partial charge is 0.481 e. The monoisotopic (exact) mass is 418 g/mol. The lowest BCUT2D eigenvalue weighted by molar-refractivity contribution is 0.0889. The molecule has 1 saturated heterocycles. The Morgan fingerprint density at radius 3 is 2.65 bits per heavy atom. The number of nitrogens with zero attached hydrogens (tertiary/aromatic N) is 8. The normalized spacial score (nSPS) is 18.0. The molecule has 4 aromatic heterocycles. The zero-order valence-corrected chi connectivity index (χ0v) is 18.0. The molecule has 9 heteroatoms. The molecule has 1 aliphatic rings. The molecule has 0 aromatic carbocycles. The lowest BCUT2D eigenvalue weighted by Crippen LogP contribution is -2.46. The minimum Gasteiger partial charge on any atom is -0.481 e. The van der Waals surface area contributed by atoms with Crippen LogP contribution in [-0.2, 0) is 13.6 Å². The summed E-state index contributed by atoms with van der Waals surface area (Å²) in [5, 5.41) is 13.3. The molecule has 4 aromatic rings. The second-order valence-corrected chi connectivity index (χ2v) is 8.07. The topological polar surface area (TPSA) is 76.6 Å². The quantitative estimate of drug-likeness (QED) is 0.491. The molecule has 160 valence electrons. The number of aromatic nitrogens is 6. The molecule has 5 heterocycles. The van der Waals surface area contributed by atoms with Crippen molar-refractivity contribution in [1.82, 2.24) is 39.4 Å². The van der Waals surface area contributed by atoms with Gasteiger partial charge in [0.1, 0.15) is 5.69 Å². The summed E-state index contributed by atoms with van der Waals surface area (Å²) in [6, 6.07) is 8.25. The Hall–Kier alpha value is -3.30. The highest BCUT2D eigenvalue weighted by Crippen LogP contribution is 2.28. The van der Waals surface area contributed by atoms with Crippen molar-refractivity contribution < 1.29 is 4.74 Å². The number of methoxy groups -OCH3 is 1. The van der Waals surface area contributed by atoms with Gasteiger partial charge in [-0.3, -0.25) is 14.5 Å². The van der Waals surface area contributed by atoms with Gasteiger partial charge in [-0.1, -0.05) is 11.3 Å². The zero-order valence-electron chi connectivity index (χ0n) is 18.0. The molecule has 5 rings (SSSR count). The third-order valence-electron chi connectivity index (χ3n) is 5.93. The van der Waals surface area contributed by atoms with Crippen molar-refractivity contribution in [3.05, 3.63) is 60.3 Å². The number of likely N-dealkylation sites (N-methyl/N-ethyl adjacent to an activating group) is 1. The maximum atomic E-state index is 5.15. The number of hydrogen-bond donors (Lipinski definition) is 0. The van der Waals surface area contributed by atoms with Gasteiger partial charge < -0.3 is 4.74 Å². The van der Waals surface area contributed by atoms with Crippen molar-refractivity contribution in [2.75, 3.05) is 33.8 Å². The molecule has 0 aliphatic carbocycles. The van der Waals surface area contributed by atoms with E-state index in [0.29, 0.717) is 5.88 Å². The van der Waals surface area contributed by atoms with Gasteiger partial charge in [0.15, 0.2) is 0 Å². The van der Waals surface area contributed by atoms with Crippen molar-refractivity contribution in [3.8, 4) is 17.0 Å². The number of piperazine rings is 1. The summed E-state index contributed by atoms with van der Waals surface area (Å²) in [5.41, 5.74) is 5.32. The third-order valence-corrected chi connectivity index (χ3v) is 5.93. The van der Waals surface area contributed by atoms with Crippen LogP contribution < -0.4 is 4.74 Å². The summed E-state index contributed by atoms with van der Waals surface area (Å²) >= 11 is 0. The molecule has 0 radical (unpaired) electrons. The van der Waals surface area contributed by atoms with Gasteiger partial charge in [0.25, 0.3) is 0 Å². The zero-order chi connectivity index (χ0) is 21.4. The van der Waals surface area contributed by atoms with Gasteiger partial charge in [-0.15, -0.1) is 5.10 Å². The van der Waals surface area contributed by atoms with E-state index in [1.54, 1.807) is 7.11 Å². The maximum Gasteiger partial charge on any atom is 0.212 e. The standard InChI is InChI=1S/C22H26N8O/c1-27-8-9-29(13-16-10-24-28(2)12-16)15-20(27)22-19-6-4-18(14-30(19)26-25-22)17-5-7-21(31-3)23-11-17/h4-7,10-12,14,20H,8-9,13,15H2,1-3H3/t20-/m1/s1. The summed E-state index contributed by atoms with van der Waals surface area (Å²) in [4.78, 5) is 9.13. The summed E-state index contributed by atoms with van der Waals surface area (Å²) < 4.78 is 8.87. The van der Waals surface area contributed by atoms with Crippen LogP contribution >= 0.6 is 0 Å². The third kappa shape index (κ3) is 3.89. The highest BCUT2D eigenvalue weighted by Gasteiger charge is 2.29. The van der Waals surface area contributed by atoms with Crippen molar-refractivity contribution in [3.63, 3.8) is 0 Å². The van der Waals surface area contributed by atoms with E-state index >= 15 is 0 Å². The van der Waals surface area contributed by atoms with Gasteiger partial charge >= 0.3 is 0 Å². The van der Waals surface area contributed by atoms with Crippen LogP contribution in [0.3, 0.4) is 0 Å². The first-order chi connectivity index (χ1) is 15.1. The molecular weight excluding hydrogens is 392 g/mol. The predicted molar refractivity (Wildman–Crippen MR) is 117 cm³/mol. The Labute approximate surface area is 180 Å². The molecule has 0 unspecified atom stereocenters. The van der Waals surface area contributed by atoms with Crippen LogP contribution in [0.4, 0.5) is 0 Å². The van der Waals surface area contributed by atoms with E-state index in [-0.39, 0.29) is 6.04 Å². The van der Waals surface area contributed by atoms with Crippen LogP contribution in [0, 0.1) is 0 Å². The molecule has 0 saturated carbocycles. The van der Waals surface area contributed by atoms with E-state index in [4.69, 9.17) is 4.74 Å². The SMILES string of the molecule is COc1ccc(-c2ccc3c([C@H]4CN(Cc5cnn(C)c5)CCN4C)nnn3c2)cn1. The molecule has 0 spiro atoms. The van der Waals surface area contributed by atoms with Gasteiger partial charge in [-0.2, -0.15) is 5.10 Å². The van der Waals surface area contributed by atoms with Crippen LogP contribution in [0.1, 0.15) is 17.3 Å². The summed E-state index contributed by atoms with van der Waals surface area (Å²) in [6.07, 6.45) is 7.83. The first kappa shape index (κ1) is 19.7. The first-order valence-corrected chi connectivity index (χ1v) is 10.4. The Balaban J connectivity index is 1.39. The average Bonchev–Trinajstić information content (AvgIpc) is 3.40. The van der Waals surface area contributed by atoms with E-state index in [1.807, 2.05) is 47.0 Å². The molecule has 9 nitrogen and oxygen atoms in total. The number of fused-ring (bicyclic) bond motifs is 1. The smallest absolute Gasteiger partial charge is 0.212 e. The van der Waals surface area contributed by atoms with E-state index in [2.05, 4.69) is 55.6 Å². The lowest BCUT2D eigenvalue weighted by Gasteiger charge is -2.38. The van der Waals surface area contributed by atoms with E-state index in [1.165, 1.54) is 5.56 Å². The van der Waals surface area contributed by atoms with Crippen molar-refractivity contribution in [2.45, 2.75) is 12.6 Å². The van der Waals surface area contributed by atoms with Crippen LogP contribution in [0.2, 0.25) is 0 Å². The van der Waals surface area contributed by atoms with Crippen LogP contribution in [0.15, 0.2) is 49.1 Å². The second-order valence-electron chi connectivity index (χ2n) is 8.07. The van der Waals surface area contributed by atoms with Gasteiger partial charge in [0.2, 0.25) is 5.88 Å². The van der Waals surface area contributed by atoms with E-state index in [9.17, 15) is 0 Å². The number of aryl methyl sites for hydroxylation is 1. The molecule has 0 bridgehead atoms. The first-order valence-electron chi connectivity index (χ1n) is 10.4. The second kappa shape index (κ2) is 8.09. The Kier molecular flexibility index (Phi) is 5.13. The minimum atomic E-state index is 0.191. The summed E-state index contributed by atoms with van der Waals surface area (Å²) in [7, 11) is 5.73. The number of rotatable bonds is 5. The fourth-order valence-electron chi connectivity index (χ4n) is 4.17. The molecule has 0 N–H and O–H groups in total. The van der Waals surface area contributed by atoms with E-state index in [0.717, 1.165) is 48.5 Å². The lowest BCUT2D eigenvalue weighted by atomic mass is 10.1. The fraction of sp³-hybridized carbons (Fsp3) is 0.364. The molecule has 31 heavy (non-hydrogen) atoms. The van der Waals surface area contributed by atoms with Gasteiger partial charge in [0, 0.05) is 74.6 Å². The average molecular weight is 419 g/mol. The predicted octanol–water partition coefficient (Wildman–Crippen LogP) is 2.02. The van der Waals surface area contributed by atoms with Gasteiger partial charge in [-0.05, 0) is 19.2 Å².